The summed E-state index contributed by atoms with van der Waals surface area (Å²) in [5, 5.41) is 9.27. The molecule has 0 radical (unpaired) electrons. The molecule has 0 bridgehead atoms. The summed E-state index contributed by atoms with van der Waals surface area (Å²) < 4.78 is 26.6. The monoisotopic (exact) mass is 284 g/mol. The molecule has 0 unspecified atom stereocenters. The van der Waals surface area contributed by atoms with Gasteiger partial charge in [-0.2, -0.15) is 4.31 Å². The molecule has 1 saturated heterocycles. The van der Waals surface area contributed by atoms with E-state index in [0.717, 1.165) is 19.6 Å². The number of piperazine rings is 1. The third-order valence-electron chi connectivity index (χ3n) is 3.54. The van der Waals surface area contributed by atoms with Gasteiger partial charge in [0.1, 0.15) is 0 Å². The SMILES string of the molecule is CCN1CCN(S(=O)(=O)c2ccccc2CO)CC1. The maximum atomic E-state index is 12.6. The third-order valence-corrected chi connectivity index (χ3v) is 5.54. The largest absolute Gasteiger partial charge is 0.392 e. The second-order valence-electron chi connectivity index (χ2n) is 4.60. The van der Waals surface area contributed by atoms with Gasteiger partial charge < -0.3 is 10.0 Å². The number of likely N-dealkylation sites (N-methyl/N-ethyl adjacent to an activating group) is 1. The predicted molar refractivity (Wildman–Crippen MR) is 73.2 cm³/mol. The minimum Gasteiger partial charge on any atom is -0.392 e. The van der Waals surface area contributed by atoms with Crippen LogP contribution in [0.5, 0.6) is 0 Å². The van der Waals surface area contributed by atoms with E-state index in [0.29, 0.717) is 18.7 Å². The highest BCUT2D eigenvalue weighted by atomic mass is 32.2. The summed E-state index contributed by atoms with van der Waals surface area (Å²) in [5.41, 5.74) is 0.459. The van der Waals surface area contributed by atoms with Crippen LogP contribution in [0, 0.1) is 0 Å². The fourth-order valence-corrected chi connectivity index (χ4v) is 3.95. The molecule has 0 saturated carbocycles. The van der Waals surface area contributed by atoms with E-state index in [4.69, 9.17) is 0 Å². The second kappa shape index (κ2) is 6.00. The van der Waals surface area contributed by atoms with Crippen LogP contribution in [0.2, 0.25) is 0 Å². The number of aliphatic hydroxyl groups excluding tert-OH is 1. The zero-order valence-electron chi connectivity index (χ0n) is 11.1. The van der Waals surface area contributed by atoms with Gasteiger partial charge in [-0.3, -0.25) is 0 Å². The van der Waals surface area contributed by atoms with Gasteiger partial charge in [0.05, 0.1) is 11.5 Å². The van der Waals surface area contributed by atoms with Gasteiger partial charge in [-0.15, -0.1) is 0 Å². The zero-order valence-corrected chi connectivity index (χ0v) is 11.9. The third kappa shape index (κ3) is 2.97. The molecule has 0 atom stereocenters. The quantitative estimate of drug-likeness (QED) is 0.875. The number of hydrogen-bond acceptors (Lipinski definition) is 4. The van der Waals surface area contributed by atoms with Crippen molar-refractivity contribution in [3.8, 4) is 0 Å². The molecule has 1 N–H and O–H groups in total. The van der Waals surface area contributed by atoms with Gasteiger partial charge in [0.2, 0.25) is 10.0 Å². The van der Waals surface area contributed by atoms with Crippen molar-refractivity contribution in [3.05, 3.63) is 29.8 Å². The smallest absolute Gasteiger partial charge is 0.243 e. The van der Waals surface area contributed by atoms with E-state index in [1.54, 1.807) is 24.3 Å². The van der Waals surface area contributed by atoms with E-state index < -0.39 is 10.0 Å². The molecule has 0 amide bonds. The Bertz CT molecular complexity index is 522. The lowest BCUT2D eigenvalue weighted by molar-refractivity contribution is 0.196. The van der Waals surface area contributed by atoms with Gasteiger partial charge in [0.25, 0.3) is 0 Å². The lowest BCUT2D eigenvalue weighted by atomic mass is 10.2. The van der Waals surface area contributed by atoms with Crippen LogP contribution in [-0.2, 0) is 16.6 Å². The molecule has 0 aliphatic carbocycles. The maximum Gasteiger partial charge on any atom is 0.243 e. The van der Waals surface area contributed by atoms with E-state index in [1.807, 2.05) is 0 Å². The molecular weight excluding hydrogens is 264 g/mol. The number of sulfonamides is 1. The lowest BCUT2D eigenvalue weighted by Gasteiger charge is -2.33. The molecule has 1 aliphatic heterocycles. The van der Waals surface area contributed by atoms with Crippen LogP contribution in [0.3, 0.4) is 0 Å². The summed E-state index contributed by atoms with van der Waals surface area (Å²) in [5.74, 6) is 0. The van der Waals surface area contributed by atoms with Crippen LogP contribution in [0.4, 0.5) is 0 Å². The highest BCUT2D eigenvalue weighted by Crippen LogP contribution is 2.21. The first kappa shape index (κ1) is 14.5. The molecule has 1 aliphatic rings. The van der Waals surface area contributed by atoms with E-state index in [2.05, 4.69) is 11.8 Å². The molecule has 1 heterocycles. The van der Waals surface area contributed by atoms with Crippen molar-refractivity contribution < 1.29 is 13.5 Å². The van der Waals surface area contributed by atoms with E-state index in [1.165, 1.54) is 4.31 Å². The van der Waals surface area contributed by atoms with Crippen molar-refractivity contribution in [2.24, 2.45) is 0 Å². The van der Waals surface area contributed by atoms with Crippen molar-refractivity contribution in [2.45, 2.75) is 18.4 Å². The number of aliphatic hydroxyl groups is 1. The Kier molecular flexibility index (Phi) is 4.57. The fourth-order valence-electron chi connectivity index (χ4n) is 2.31. The average Bonchev–Trinajstić information content (AvgIpc) is 2.47. The van der Waals surface area contributed by atoms with E-state index in [9.17, 15) is 13.5 Å². The summed E-state index contributed by atoms with van der Waals surface area (Å²) >= 11 is 0. The Morgan fingerprint density at radius 2 is 1.79 bits per heavy atom. The zero-order chi connectivity index (χ0) is 13.9. The molecule has 1 fully saturated rings. The van der Waals surface area contributed by atoms with Gasteiger partial charge in [-0.25, -0.2) is 8.42 Å². The molecule has 0 aromatic heterocycles. The minimum atomic E-state index is -3.49. The van der Waals surface area contributed by atoms with Crippen LogP contribution in [-0.4, -0.2) is 55.5 Å². The highest BCUT2D eigenvalue weighted by Gasteiger charge is 2.29. The summed E-state index contributed by atoms with van der Waals surface area (Å²) in [4.78, 5) is 2.45. The Hall–Kier alpha value is -0.950. The molecule has 1 aromatic rings. The van der Waals surface area contributed by atoms with Crippen molar-refractivity contribution in [1.29, 1.82) is 0 Å². The van der Waals surface area contributed by atoms with Crippen LogP contribution >= 0.6 is 0 Å². The van der Waals surface area contributed by atoms with Crippen molar-refractivity contribution in [2.75, 3.05) is 32.7 Å². The van der Waals surface area contributed by atoms with Crippen LogP contribution in [0.25, 0.3) is 0 Å². The minimum absolute atomic E-state index is 0.224. The van der Waals surface area contributed by atoms with Gasteiger partial charge >= 0.3 is 0 Å². The molecule has 6 heteroatoms. The molecule has 106 valence electrons. The Balaban J connectivity index is 2.23. The van der Waals surface area contributed by atoms with Crippen LogP contribution in [0.15, 0.2) is 29.2 Å². The van der Waals surface area contributed by atoms with Crippen molar-refractivity contribution in [1.82, 2.24) is 9.21 Å². The Morgan fingerprint density at radius 3 is 2.37 bits per heavy atom. The summed E-state index contributed by atoms with van der Waals surface area (Å²) in [6, 6.07) is 6.64. The summed E-state index contributed by atoms with van der Waals surface area (Å²) in [6.45, 7) is 5.30. The number of hydrogen-bond donors (Lipinski definition) is 1. The predicted octanol–water partition coefficient (Wildman–Crippen LogP) is 0.505. The second-order valence-corrected chi connectivity index (χ2v) is 6.51. The lowest BCUT2D eigenvalue weighted by Crippen LogP contribution is -2.48. The van der Waals surface area contributed by atoms with E-state index in [-0.39, 0.29) is 11.5 Å². The van der Waals surface area contributed by atoms with Gasteiger partial charge in [-0.05, 0) is 18.2 Å². The Morgan fingerprint density at radius 1 is 1.16 bits per heavy atom. The first-order valence-corrected chi connectivity index (χ1v) is 7.95. The van der Waals surface area contributed by atoms with Crippen molar-refractivity contribution in [3.63, 3.8) is 0 Å². The van der Waals surface area contributed by atoms with Crippen LogP contribution < -0.4 is 0 Å². The molecule has 0 spiro atoms. The molecule has 2 rings (SSSR count). The van der Waals surface area contributed by atoms with Gasteiger partial charge in [0, 0.05) is 26.2 Å². The molecule has 1 aromatic carbocycles. The number of rotatable bonds is 4. The molecule has 5 nitrogen and oxygen atoms in total. The normalized spacial score (nSPS) is 18.6. The topological polar surface area (TPSA) is 60.9 Å². The van der Waals surface area contributed by atoms with Gasteiger partial charge in [-0.1, -0.05) is 25.1 Å². The average molecular weight is 284 g/mol. The standard InChI is InChI=1S/C13H20N2O3S/c1-2-14-7-9-15(10-8-14)19(17,18)13-6-4-3-5-12(13)11-16/h3-6,16H,2,7-11H2,1H3. The molecule has 19 heavy (non-hydrogen) atoms. The first-order valence-electron chi connectivity index (χ1n) is 6.51. The summed E-state index contributed by atoms with van der Waals surface area (Å²) in [6.07, 6.45) is 0. The summed E-state index contributed by atoms with van der Waals surface area (Å²) in [7, 11) is -3.49. The maximum absolute atomic E-state index is 12.6. The highest BCUT2D eigenvalue weighted by molar-refractivity contribution is 7.89. The first-order chi connectivity index (χ1) is 9.09. The van der Waals surface area contributed by atoms with Gasteiger partial charge in [0.15, 0.2) is 0 Å². The Labute approximate surface area is 114 Å². The number of nitrogens with zero attached hydrogens (tertiary/aromatic N) is 2. The van der Waals surface area contributed by atoms with E-state index >= 15 is 0 Å². The van der Waals surface area contributed by atoms with Crippen molar-refractivity contribution >= 4 is 10.0 Å². The number of benzene rings is 1. The van der Waals surface area contributed by atoms with Crippen LogP contribution in [0.1, 0.15) is 12.5 Å². The fraction of sp³-hybridized carbons (Fsp3) is 0.538. The molecular formula is C13H20N2O3S.